The molecule has 0 aliphatic carbocycles. The molecule has 1 fully saturated rings. The molecule has 2 heterocycles. The summed E-state index contributed by atoms with van der Waals surface area (Å²) in [4.78, 5) is 19.1. The maximum Gasteiger partial charge on any atom is 0.573 e. The van der Waals surface area contributed by atoms with Gasteiger partial charge >= 0.3 is 6.36 Å². The van der Waals surface area contributed by atoms with Gasteiger partial charge < -0.3 is 14.4 Å². The van der Waals surface area contributed by atoms with E-state index in [1.807, 2.05) is 33.7 Å². The molecule has 1 aliphatic rings. The van der Waals surface area contributed by atoms with Crippen molar-refractivity contribution in [2.75, 3.05) is 26.0 Å². The lowest BCUT2D eigenvalue weighted by Crippen LogP contribution is -2.36. The van der Waals surface area contributed by atoms with Crippen molar-refractivity contribution in [3.63, 3.8) is 0 Å². The number of piperidine rings is 1. The molecule has 0 radical (unpaired) electrons. The monoisotopic (exact) mass is 491 g/mol. The Morgan fingerprint density at radius 2 is 1.65 bits per heavy atom. The molecule has 4 rings (SSSR count). The van der Waals surface area contributed by atoms with E-state index in [2.05, 4.69) is 9.72 Å². The van der Waals surface area contributed by atoms with Crippen molar-refractivity contribution in [1.29, 1.82) is 0 Å². The highest BCUT2D eigenvalue weighted by atomic mass is 32.2. The summed E-state index contributed by atoms with van der Waals surface area (Å²) in [6, 6.07) is 13.0. The van der Waals surface area contributed by atoms with Crippen molar-refractivity contribution < 1.29 is 27.4 Å². The van der Waals surface area contributed by atoms with Crippen LogP contribution in [0.2, 0.25) is 0 Å². The smallest absolute Gasteiger partial charge is 0.497 e. The molecule has 0 atom stereocenters. The zero-order valence-electron chi connectivity index (χ0n) is 18.5. The molecule has 1 aliphatic heterocycles. The molecule has 3 aromatic rings. The number of carbonyl (C=O) groups excluding carboxylic acids is 1. The van der Waals surface area contributed by atoms with E-state index in [0.29, 0.717) is 16.6 Å². The van der Waals surface area contributed by atoms with Crippen LogP contribution in [-0.4, -0.2) is 52.7 Å². The minimum absolute atomic E-state index is 0.0548. The summed E-state index contributed by atoms with van der Waals surface area (Å²) in [5.41, 5.74) is 2.18. The lowest BCUT2D eigenvalue weighted by molar-refractivity contribution is -0.274. The second-order valence-corrected chi connectivity index (χ2v) is 8.70. The third kappa shape index (κ3) is 5.85. The normalized spacial score (nSPS) is 14.2. The molecule has 1 saturated heterocycles. The first kappa shape index (κ1) is 24.0. The number of halogens is 3. The van der Waals surface area contributed by atoms with E-state index in [9.17, 15) is 18.0 Å². The Kier molecular flexibility index (Phi) is 7.35. The van der Waals surface area contributed by atoms with Crippen molar-refractivity contribution in [2.45, 2.75) is 30.8 Å². The summed E-state index contributed by atoms with van der Waals surface area (Å²) in [6.45, 7) is 1.54. The first-order valence-electron chi connectivity index (χ1n) is 10.8. The van der Waals surface area contributed by atoms with Crippen LogP contribution < -0.4 is 9.47 Å². The molecule has 180 valence electrons. The topological polar surface area (TPSA) is 56.6 Å². The van der Waals surface area contributed by atoms with E-state index in [0.717, 1.165) is 43.6 Å². The van der Waals surface area contributed by atoms with Gasteiger partial charge in [-0.3, -0.25) is 9.36 Å². The standard InChI is InChI=1S/C24H24F3N3O3S/c1-32-19-9-5-17(6-10-19)21-15-28-23(34-16-22(31)29-13-3-2-4-14-29)30(21)18-7-11-20(12-8-18)33-24(25,26)27/h5-12,15H,2-4,13-14,16H2,1H3. The third-order valence-electron chi connectivity index (χ3n) is 5.48. The number of ether oxygens (including phenoxy) is 2. The van der Waals surface area contributed by atoms with Crippen LogP contribution in [0.1, 0.15) is 19.3 Å². The molecule has 1 amide bonds. The van der Waals surface area contributed by atoms with Gasteiger partial charge in [0, 0.05) is 24.3 Å². The number of alkyl halides is 3. The van der Waals surface area contributed by atoms with Crippen LogP contribution in [0.3, 0.4) is 0 Å². The summed E-state index contributed by atoms with van der Waals surface area (Å²) in [5, 5.41) is 0.570. The van der Waals surface area contributed by atoms with Crippen molar-refractivity contribution in [3.05, 3.63) is 54.7 Å². The maximum absolute atomic E-state index is 12.7. The van der Waals surface area contributed by atoms with Crippen LogP contribution in [0.4, 0.5) is 13.2 Å². The summed E-state index contributed by atoms with van der Waals surface area (Å²) in [6.07, 6.45) is 0.0921. The number of imidazole rings is 1. The number of hydrogen-bond donors (Lipinski definition) is 0. The van der Waals surface area contributed by atoms with Gasteiger partial charge in [0.1, 0.15) is 11.5 Å². The predicted molar refractivity (Wildman–Crippen MR) is 123 cm³/mol. The van der Waals surface area contributed by atoms with E-state index in [1.54, 1.807) is 13.3 Å². The molecule has 0 unspecified atom stereocenters. The Bertz CT molecular complexity index is 1110. The van der Waals surface area contributed by atoms with Crippen molar-refractivity contribution in [3.8, 4) is 28.4 Å². The SMILES string of the molecule is COc1ccc(-c2cnc(SCC(=O)N3CCCCC3)n2-c2ccc(OC(F)(F)F)cc2)cc1. The molecule has 1 aromatic heterocycles. The quantitative estimate of drug-likeness (QED) is 0.406. The molecule has 0 bridgehead atoms. The van der Waals surface area contributed by atoms with Gasteiger partial charge in [0.2, 0.25) is 5.91 Å². The Labute approximate surface area is 199 Å². The molecule has 6 nitrogen and oxygen atoms in total. The summed E-state index contributed by atoms with van der Waals surface area (Å²) >= 11 is 1.31. The number of benzene rings is 2. The number of hydrogen-bond acceptors (Lipinski definition) is 5. The fourth-order valence-electron chi connectivity index (χ4n) is 3.81. The second kappa shape index (κ2) is 10.4. The molecule has 2 aromatic carbocycles. The third-order valence-corrected chi connectivity index (χ3v) is 6.41. The summed E-state index contributed by atoms with van der Waals surface area (Å²) in [5.74, 6) is 0.676. The molecule has 0 saturated carbocycles. The maximum atomic E-state index is 12.7. The number of nitrogens with zero attached hydrogens (tertiary/aromatic N) is 3. The zero-order valence-corrected chi connectivity index (χ0v) is 19.4. The van der Waals surface area contributed by atoms with E-state index < -0.39 is 6.36 Å². The van der Waals surface area contributed by atoms with E-state index in [1.165, 1.54) is 36.0 Å². The van der Waals surface area contributed by atoms with E-state index in [4.69, 9.17) is 4.74 Å². The fourth-order valence-corrected chi connectivity index (χ4v) is 4.70. The summed E-state index contributed by atoms with van der Waals surface area (Å²) in [7, 11) is 1.58. The molecular formula is C24H24F3N3O3S. The Morgan fingerprint density at radius 1 is 1.00 bits per heavy atom. The van der Waals surface area contributed by atoms with E-state index in [-0.39, 0.29) is 17.4 Å². The van der Waals surface area contributed by atoms with Crippen LogP contribution in [0.15, 0.2) is 59.9 Å². The Balaban J connectivity index is 1.63. The Hall–Kier alpha value is -3.14. The lowest BCUT2D eigenvalue weighted by atomic mass is 10.1. The minimum Gasteiger partial charge on any atom is -0.497 e. The van der Waals surface area contributed by atoms with Gasteiger partial charge in [0.25, 0.3) is 0 Å². The molecule has 10 heteroatoms. The highest BCUT2D eigenvalue weighted by molar-refractivity contribution is 7.99. The first-order chi connectivity index (χ1) is 16.3. The molecule has 34 heavy (non-hydrogen) atoms. The van der Waals surface area contributed by atoms with Gasteiger partial charge in [-0.15, -0.1) is 13.2 Å². The van der Waals surface area contributed by atoms with E-state index >= 15 is 0 Å². The van der Waals surface area contributed by atoms with Crippen LogP contribution in [0.25, 0.3) is 16.9 Å². The number of likely N-dealkylation sites (tertiary alicyclic amines) is 1. The van der Waals surface area contributed by atoms with Gasteiger partial charge in [-0.2, -0.15) is 0 Å². The summed E-state index contributed by atoms with van der Waals surface area (Å²) < 4.78 is 48.8. The molecule has 0 N–H and O–H groups in total. The van der Waals surface area contributed by atoms with Gasteiger partial charge in [-0.05, 0) is 67.8 Å². The first-order valence-corrected chi connectivity index (χ1v) is 11.8. The van der Waals surface area contributed by atoms with Crippen molar-refractivity contribution >= 4 is 17.7 Å². The number of carbonyl (C=O) groups is 1. The van der Waals surface area contributed by atoms with Gasteiger partial charge in [-0.1, -0.05) is 11.8 Å². The fraction of sp³-hybridized carbons (Fsp3) is 0.333. The number of thioether (sulfide) groups is 1. The van der Waals surface area contributed by atoms with Crippen LogP contribution in [-0.2, 0) is 4.79 Å². The molecular weight excluding hydrogens is 467 g/mol. The van der Waals surface area contributed by atoms with Crippen LogP contribution >= 0.6 is 11.8 Å². The number of aromatic nitrogens is 2. The number of amides is 1. The largest absolute Gasteiger partial charge is 0.573 e. The van der Waals surface area contributed by atoms with Crippen molar-refractivity contribution in [1.82, 2.24) is 14.5 Å². The number of methoxy groups -OCH3 is 1. The molecule has 0 spiro atoms. The highest BCUT2D eigenvalue weighted by Gasteiger charge is 2.31. The van der Waals surface area contributed by atoms with Crippen LogP contribution in [0, 0.1) is 0 Å². The lowest BCUT2D eigenvalue weighted by Gasteiger charge is -2.26. The average molecular weight is 492 g/mol. The predicted octanol–water partition coefficient (Wildman–Crippen LogP) is 5.55. The van der Waals surface area contributed by atoms with Gasteiger partial charge in [0.05, 0.1) is 24.8 Å². The van der Waals surface area contributed by atoms with Crippen LogP contribution in [0.5, 0.6) is 11.5 Å². The average Bonchev–Trinajstić information content (AvgIpc) is 3.26. The zero-order chi connectivity index (χ0) is 24.1. The van der Waals surface area contributed by atoms with Crippen molar-refractivity contribution in [2.24, 2.45) is 0 Å². The Morgan fingerprint density at radius 3 is 2.26 bits per heavy atom. The minimum atomic E-state index is -4.76. The number of rotatable bonds is 7. The second-order valence-electron chi connectivity index (χ2n) is 7.76. The van der Waals surface area contributed by atoms with Gasteiger partial charge in [-0.25, -0.2) is 4.98 Å². The highest BCUT2D eigenvalue weighted by Crippen LogP contribution is 2.32. The van der Waals surface area contributed by atoms with Gasteiger partial charge in [0.15, 0.2) is 5.16 Å².